The highest BCUT2D eigenvalue weighted by molar-refractivity contribution is 6.31. The molecule has 1 heterocycles. The molecule has 1 aliphatic rings. The molecule has 0 amide bonds. The number of nitrogens with zero attached hydrogens (tertiary/aromatic N) is 2. The normalized spacial score (nSPS) is 16.4. The first kappa shape index (κ1) is 22.8. The van der Waals surface area contributed by atoms with Gasteiger partial charge in [-0.15, -0.1) is 0 Å². The van der Waals surface area contributed by atoms with E-state index in [4.69, 9.17) is 25.8 Å². The maximum atomic E-state index is 10.3. The molecule has 0 aliphatic carbocycles. The van der Waals surface area contributed by atoms with Crippen LogP contribution in [-0.4, -0.2) is 74.6 Å². The number of aliphatic hydroxyl groups excluding tert-OH is 1. The Morgan fingerprint density at radius 3 is 2.40 bits per heavy atom. The van der Waals surface area contributed by atoms with E-state index in [1.165, 1.54) is 0 Å². The molecule has 0 radical (unpaired) electrons. The molecule has 0 spiro atoms. The minimum Gasteiger partial charge on any atom is -0.497 e. The topological polar surface area (TPSA) is 54.4 Å². The van der Waals surface area contributed by atoms with E-state index in [0.29, 0.717) is 24.8 Å². The average Bonchev–Trinajstić information content (AvgIpc) is 2.76. The van der Waals surface area contributed by atoms with E-state index >= 15 is 0 Å². The van der Waals surface area contributed by atoms with Gasteiger partial charge in [0.05, 0.1) is 33.5 Å². The maximum absolute atomic E-state index is 10.3. The van der Waals surface area contributed by atoms with Gasteiger partial charge in [0.25, 0.3) is 0 Å². The third-order valence-electron chi connectivity index (χ3n) is 5.34. The Morgan fingerprint density at radius 1 is 0.967 bits per heavy atom. The predicted octanol–water partition coefficient (Wildman–Crippen LogP) is 3.05. The Morgan fingerprint density at radius 2 is 1.70 bits per heavy atom. The molecule has 3 rings (SSSR count). The molecule has 30 heavy (non-hydrogen) atoms. The Hall–Kier alpha value is -1.83. The van der Waals surface area contributed by atoms with Crippen LogP contribution in [0.5, 0.6) is 11.5 Å². The van der Waals surface area contributed by atoms with E-state index in [2.05, 4.69) is 9.80 Å². The van der Waals surface area contributed by atoms with Gasteiger partial charge in [-0.3, -0.25) is 9.80 Å². The second-order valence-corrected chi connectivity index (χ2v) is 7.92. The first-order chi connectivity index (χ1) is 14.6. The van der Waals surface area contributed by atoms with Crippen molar-refractivity contribution in [1.29, 1.82) is 0 Å². The van der Waals surface area contributed by atoms with Gasteiger partial charge in [0.1, 0.15) is 11.5 Å². The van der Waals surface area contributed by atoms with Gasteiger partial charge < -0.3 is 19.3 Å². The number of ether oxygens (including phenoxy) is 3. The highest BCUT2D eigenvalue weighted by atomic mass is 35.5. The Bertz CT molecular complexity index is 797. The van der Waals surface area contributed by atoms with Crippen LogP contribution in [0.1, 0.15) is 11.1 Å². The molecule has 7 heteroatoms. The number of benzene rings is 2. The van der Waals surface area contributed by atoms with Crippen LogP contribution in [-0.2, 0) is 17.9 Å². The van der Waals surface area contributed by atoms with Crippen molar-refractivity contribution in [2.75, 3.05) is 53.6 Å². The minimum absolute atomic E-state index is 0.298. The molecule has 2 aromatic carbocycles. The molecule has 1 saturated heterocycles. The summed E-state index contributed by atoms with van der Waals surface area (Å²) in [6.45, 7) is 5.83. The Kier molecular flexibility index (Phi) is 8.78. The number of rotatable bonds is 10. The summed E-state index contributed by atoms with van der Waals surface area (Å²) in [6.07, 6.45) is -0.516. The minimum atomic E-state index is -0.516. The monoisotopic (exact) mass is 434 g/mol. The van der Waals surface area contributed by atoms with Gasteiger partial charge in [-0.1, -0.05) is 29.8 Å². The molecule has 1 atom stereocenters. The molecule has 2 aromatic rings. The van der Waals surface area contributed by atoms with E-state index in [0.717, 1.165) is 55.3 Å². The summed E-state index contributed by atoms with van der Waals surface area (Å²) in [5, 5.41) is 11.0. The van der Waals surface area contributed by atoms with Crippen LogP contribution in [0.25, 0.3) is 0 Å². The zero-order valence-electron chi connectivity index (χ0n) is 17.7. The van der Waals surface area contributed by atoms with Crippen molar-refractivity contribution in [1.82, 2.24) is 9.80 Å². The summed E-state index contributed by atoms with van der Waals surface area (Å²) in [6, 6.07) is 13.5. The smallest absolute Gasteiger partial charge is 0.123 e. The van der Waals surface area contributed by atoms with Crippen molar-refractivity contribution in [2.24, 2.45) is 0 Å². The lowest BCUT2D eigenvalue weighted by Crippen LogP contribution is -2.48. The lowest BCUT2D eigenvalue weighted by atomic mass is 10.1. The molecule has 1 unspecified atom stereocenters. The molecule has 0 saturated carbocycles. The zero-order chi connectivity index (χ0) is 21.3. The third kappa shape index (κ3) is 6.59. The van der Waals surface area contributed by atoms with Crippen molar-refractivity contribution < 1.29 is 19.3 Å². The molecule has 164 valence electrons. The number of hydrogen-bond acceptors (Lipinski definition) is 6. The fourth-order valence-electron chi connectivity index (χ4n) is 3.65. The summed E-state index contributed by atoms with van der Waals surface area (Å²) in [4.78, 5) is 4.68. The molecule has 0 aromatic heterocycles. The summed E-state index contributed by atoms with van der Waals surface area (Å²) in [5.41, 5.74) is 2.06. The maximum Gasteiger partial charge on any atom is 0.123 e. The average molecular weight is 435 g/mol. The number of piperazine rings is 1. The number of aliphatic hydroxyl groups is 1. The summed E-state index contributed by atoms with van der Waals surface area (Å²) in [7, 11) is 3.37. The lowest BCUT2D eigenvalue weighted by molar-refractivity contribution is 0.000855. The molecular weight excluding hydrogens is 404 g/mol. The van der Waals surface area contributed by atoms with Crippen LogP contribution in [0.4, 0.5) is 0 Å². The SMILES string of the molecule is COc1ccc(OC)c(CN2CCN(CC(O)COCc3ccccc3Cl)CC2)c1. The first-order valence-corrected chi connectivity index (χ1v) is 10.6. The number of β-amino-alcohol motifs (C(OH)–C–C–N with tert-alkyl or cyclic N) is 1. The first-order valence-electron chi connectivity index (χ1n) is 10.2. The second kappa shape index (κ2) is 11.5. The van der Waals surface area contributed by atoms with Gasteiger partial charge in [0.15, 0.2) is 0 Å². The summed E-state index contributed by atoms with van der Waals surface area (Å²) < 4.78 is 16.5. The molecule has 1 fully saturated rings. The number of halogens is 1. The van der Waals surface area contributed by atoms with Crippen LogP contribution >= 0.6 is 11.6 Å². The van der Waals surface area contributed by atoms with E-state index < -0.39 is 6.10 Å². The van der Waals surface area contributed by atoms with E-state index in [-0.39, 0.29) is 0 Å². The lowest BCUT2D eigenvalue weighted by Gasteiger charge is -2.35. The van der Waals surface area contributed by atoms with Crippen molar-refractivity contribution in [3.63, 3.8) is 0 Å². The van der Waals surface area contributed by atoms with Crippen LogP contribution in [0.3, 0.4) is 0 Å². The molecule has 0 bridgehead atoms. The Balaban J connectivity index is 1.39. The van der Waals surface area contributed by atoms with Gasteiger partial charge in [-0.05, 0) is 29.8 Å². The Labute approximate surface area is 183 Å². The van der Waals surface area contributed by atoms with Gasteiger partial charge in [-0.2, -0.15) is 0 Å². The van der Waals surface area contributed by atoms with Crippen LogP contribution in [0, 0.1) is 0 Å². The van der Waals surface area contributed by atoms with Crippen molar-refractivity contribution >= 4 is 11.6 Å². The summed E-state index contributed by atoms with van der Waals surface area (Å²) >= 11 is 6.13. The van der Waals surface area contributed by atoms with Crippen LogP contribution in [0.15, 0.2) is 42.5 Å². The molecular formula is C23H31ClN2O4. The van der Waals surface area contributed by atoms with Crippen molar-refractivity contribution in [3.05, 3.63) is 58.6 Å². The van der Waals surface area contributed by atoms with E-state index in [1.807, 2.05) is 42.5 Å². The standard InChI is InChI=1S/C23H31ClN2O4/c1-28-21-7-8-23(29-2)19(13-21)14-25-9-11-26(12-10-25)15-20(27)17-30-16-18-5-3-4-6-22(18)24/h3-8,13,20,27H,9-12,14-17H2,1-2H3. The molecule has 1 aliphatic heterocycles. The highest BCUT2D eigenvalue weighted by Gasteiger charge is 2.20. The van der Waals surface area contributed by atoms with Gasteiger partial charge in [0.2, 0.25) is 0 Å². The zero-order valence-corrected chi connectivity index (χ0v) is 18.5. The third-order valence-corrected chi connectivity index (χ3v) is 5.71. The van der Waals surface area contributed by atoms with Gasteiger partial charge in [0, 0.05) is 49.9 Å². The number of hydrogen-bond donors (Lipinski definition) is 1. The van der Waals surface area contributed by atoms with Gasteiger partial charge >= 0.3 is 0 Å². The van der Waals surface area contributed by atoms with Crippen LogP contribution in [0.2, 0.25) is 5.02 Å². The van der Waals surface area contributed by atoms with E-state index in [1.54, 1.807) is 14.2 Å². The fraction of sp³-hybridized carbons (Fsp3) is 0.478. The summed E-state index contributed by atoms with van der Waals surface area (Å²) in [5.74, 6) is 1.72. The highest BCUT2D eigenvalue weighted by Crippen LogP contribution is 2.25. The van der Waals surface area contributed by atoms with Gasteiger partial charge in [-0.25, -0.2) is 0 Å². The fourth-order valence-corrected chi connectivity index (χ4v) is 3.84. The molecule has 1 N–H and O–H groups in total. The second-order valence-electron chi connectivity index (χ2n) is 7.51. The van der Waals surface area contributed by atoms with Crippen molar-refractivity contribution in [2.45, 2.75) is 19.3 Å². The predicted molar refractivity (Wildman–Crippen MR) is 118 cm³/mol. The number of methoxy groups -OCH3 is 2. The van der Waals surface area contributed by atoms with Crippen molar-refractivity contribution in [3.8, 4) is 11.5 Å². The van der Waals surface area contributed by atoms with E-state index in [9.17, 15) is 5.11 Å². The van der Waals surface area contributed by atoms with Crippen LogP contribution < -0.4 is 9.47 Å². The molecule has 6 nitrogen and oxygen atoms in total. The largest absolute Gasteiger partial charge is 0.497 e. The quantitative estimate of drug-likeness (QED) is 0.620.